The van der Waals surface area contributed by atoms with Crippen molar-refractivity contribution >= 4 is 23.9 Å². The van der Waals surface area contributed by atoms with Crippen LogP contribution in [0.2, 0.25) is 0 Å². The maximum absolute atomic E-state index is 13.2. The number of ether oxygens (including phenoxy) is 12. The zero-order chi connectivity index (χ0) is 61.4. The Morgan fingerprint density at radius 2 is 0.941 bits per heavy atom. The molecule has 27 unspecified atom stereocenters. The summed E-state index contributed by atoms with van der Waals surface area (Å²) in [6.45, 7) is -2.09. The summed E-state index contributed by atoms with van der Waals surface area (Å²) in [5.41, 5.74) is 0. The molecule has 0 aromatic carbocycles. The SMILES string of the molecule is COC1CC(C=CC(=O)OCC2OC(OC3C(OC4CC5C(OC6OC(COC(=O)CC(=O)O)C(O)C(O)C6O)CC(O)CC5OC4C4CCC(O)CC4)OC(COC(=O)C=CC4CCC(O)C(OC)C4)C(O)C3O)C(O)C(O)C2O)CCC1O. The van der Waals surface area contributed by atoms with Gasteiger partial charge in [0.2, 0.25) is 0 Å². The lowest BCUT2D eigenvalue weighted by molar-refractivity contribution is -0.380. The molecule has 29 heteroatoms. The van der Waals surface area contributed by atoms with Crippen molar-refractivity contribution in [2.24, 2.45) is 23.7 Å². The number of hydrogen-bond donors (Lipinski definition) is 13. The molecule has 0 bridgehead atoms. The first-order valence-corrected chi connectivity index (χ1v) is 29.4. The number of allylic oxidation sites excluding steroid dienone is 2. The Morgan fingerprint density at radius 1 is 0.459 bits per heavy atom. The highest BCUT2D eigenvalue weighted by Gasteiger charge is 2.56. The van der Waals surface area contributed by atoms with Crippen LogP contribution in [-0.4, -0.2) is 277 Å². The molecule has 4 heterocycles. The Bertz CT molecular complexity index is 2220. The number of aliphatic carboxylic acids is 1. The van der Waals surface area contributed by atoms with E-state index in [1.165, 1.54) is 26.4 Å². The quantitative estimate of drug-likeness (QED) is 0.0227. The van der Waals surface area contributed by atoms with Crippen LogP contribution in [-0.2, 0) is 76.0 Å². The lowest BCUT2D eigenvalue weighted by atomic mass is 9.73. The summed E-state index contributed by atoms with van der Waals surface area (Å²) >= 11 is 0. The maximum Gasteiger partial charge on any atom is 0.330 e. The van der Waals surface area contributed by atoms with Crippen LogP contribution >= 0.6 is 0 Å². The van der Waals surface area contributed by atoms with Crippen LogP contribution in [0.25, 0.3) is 0 Å². The van der Waals surface area contributed by atoms with Gasteiger partial charge in [-0.15, -0.1) is 0 Å². The molecular weight excluding hydrogens is 1140 g/mol. The molecule has 0 aromatic rings. The highest BCUT2D eigenvalue weighted by Crippen LogP contribution is 2.46. The maximum atomic E-state index is 13.2. The van der Waals surface area contributed by atoms with Crippen molar-refractivity contribution in [2.75, 3.05) is 34.0 Å². The van der Waals surface area contributed by atoms with Gasteiger partial charge >= 0.3 is 23.9 Å². The predicted molar refractivity (Wildman–Crippen MR) is 280 cm³/mol. The van der Waals surface area contributed by atoms with Crippen molar-refractivity contribution in [3.05, 3.63) is 24.3 Å². The van der Waals surface area contributed by atoms with Crippen LogP contribution in [0.15, 0.2) is 24.3 Å². The molecule has 0 radical (unpaired) electrons. The highest BCUT2D eigenvalue weighted by molar-refractivity contribution is 5.90. The number of aliphatic hydroxyl groups excluding tert-OH is 12. The second-order valence-electron chi connectivity index (χ2n) is 23.8. The lowest BCUT2D eigenvalue weighted by Crippen LogP contribution is -2.66. The number of carboxylic acids is 1. The molecule has 85 heavy (non-hydrogen) atoms. The number of esters is 3. The average molecular weight is 1220 g/mol. The van der Waals surface area contributed by atoms with E-state index in [-0.39, 0.29) is 37.0 Å². The minimum atomic E-state index is -2.06. The fourth-order valence-electron chi connectivity index (χ4n) is 13.0. The lowest BCUT2D eigenvalue weighted by Gasteiger charge is -2.53. The summed E-state index contributed by atoms with van der Waals surface area (Å²) < 4.78 is 70.9. The van der Waals surface area contributed by atoms with Crippen molar-refractivity contribution in [2.45, 2.75) is 243 Å². The molecular formula is C56H86O29. The van der Waals surface area contributed by atoms with Gasteiger partial charge in [-0.3, -0.25) is 9.59 Å². The first-order chi connectivity index (χ1) is 40.5. The number of fused-ring (bicyclic) bond motifs is 1. The summed E-state index contributed by atoms with van der Waals surface area (Å²) in [6.07, 6.45) is -26.2. The predicted octanol–water partition coefficient (Wildman–Crippen LogP) is -3.75. The third-order valence-electron chi connectivity index (χ3n) is 18.0. The van der Waals surface area contributed by atoms with Gasteiger partial charge in [-0.25, -0.2) is 9.59 Å². The van der Waals surface area contributed by atoms with Gasteiger partial charge in [0.25, 0.3) is 0 Å². The molecule has 8 fully saturated rings. The van der Waals surface area contributed by atoms with E-state index >= 15 is 0 Å². The summed E-state index contributed by atoms with van der Waals surface area (Å²) in [5, 5.41) is 142. The molecule has 4 aliphatic carbocycles. The van der Waals surface area contributed by atoms with Crippen molar-refractivity contribution in [1.82, 2.24) is 0 Å². The molecule has 8 rings (SSSR count). The standard InChI is InChI=1S/C56H86O29/c1-74-34-15-24(3-11-30(34)59)5-13-41(63)76-21-37-44(66)48(70)51(73)55(83-37)85-53-49(71)46(68)39(22-77-42(64)14-6-25-4-12-31(60)35(16-25)75-2)84-56(53)81-36-19-29-32(79-52(36)26-7-9-27(57)10-8-26)17-28(58)18-33(29)80-54-50(72)47(69)45(67)38(82-54)23-78-43(65)20-40(61)62/h5-6,13-14,24-39,44-60,66-73H,3-4,7-12,15-23H2,1-2H3,(H,61,62). The van der Waals surface area contributed by atoms with Crippen LogP contribution in [0.3, 0.4) is 0 Å². The van der Waals surface area contributed by atoms with Crippen molar-refractivity contribution in [1.29, 1.82) is 0 Å². The number of aliphatic hydroxyl groups is 12. The van der Waals surface area contributed by atoms with E-state index in [4.69, 9.17) is 61.9 Å². The van der Waals surface area contributed by atoms with Crippen LogP contribution in [0.4, 0.5) is 0 Å². The van der Waals surface area contributed by atoms with Crippen LogP contribution in [0.1, 0.15) is 89.9 Å². The van der Waals surface area contributed by atoms with Crippen molar-refractivity contribution in [3.8, 4) is 0 Å². The second kappa shape index (κ2) is 30.8. The first-order valence-electron chi connectivity index (χ1n) is 29.4. The van der Waals surface area contributed by atoms with E-state index in [1.54, 1.807) is 12.2 Å². The topological polar surface area (TPSA) is 442 Å². The molecule has 29 nitrogen and oxygen atoms in total. The summed E-state index contributed by atoms with van der Waals surface area (Å²) in [6, 6.07) is 0. The normalized spacial score (nSPS) is 45.4. The third-order valence-corrected chi connectivity index (χ3v) is 18.0. The first kappa shape index (κ1) is 67.5. The molecule has 484 valence electrons. The zero-order valence-electron chi connectivity index (χ0n) is 47.4. The zero-order valence-corrected chi connectivity index (χ0v) is 47.4. The Hall–Kier alpha value is -3.48. The van der Waals surface area contributed by atoms with Gasteiger partial charge in [0, 0.05) is 38.7 Å². The monoisotopic (exact) mass is 1220 g/mol. The highest BCUT2D eigenvalue weighted by atomic mass is 16.8. The Balaban J connectivity index is 1.03. The largest absolute Gasteiger partial charge is 0.481 e. The summed E-state index contributed by atoms with van der Waals surface area (Å²) in [4.78, 5) is 49.3. The number of hydrogen-bond acceptors (Lipinski definition) is 28. The van der Waals surface area contributed by atoms with E-state index in [2.05, 4.69) is 0 Å². The number of carbonyl (C=O) groups excluding carboxylic acids is 3. The summed E-state index contributed by atoms with van der Waals surface area (Å²) in [7, 11) is 2.95. The molecule has 8 aliphatic rings. The van der Waals surface area contributed by atoms with Gasteiger partial charge in [-0.2, -0.15) is 0 Å². The van der Waals surface area contributed by atoms with Crippen molar-refractivity contribution < 1.29 is 142 Å². The molecule has 4 saturated heterocycles. The molecule has 13 N–H and O–H groups in total. The average Bonchev–Trinajstić information content (AvgIpc) is 1.23. The number of rotatable bonds is 21. The molecule has 0 aromatic heterocycles. The van der Waals surface area contributed by atoms with Gasteiger partial charge < -0.3 is 123 Å². The van der Waals surface area contributed by atoms with Gasteiger partial charge in [-0.05, 0) is 94.8 Å². The van der Waals surface area contributed by atoms with Gasteiger partial charge in [0.15, 0.2) is 18.9 Å². The molecule has 4 saturated carbocycles. The van der Waals surface area contributed by atoms with E-state index in [9.17, 15) is 80.5 Å². The van der Waals surface area contributed by atoms with Crippen LogP contribution in [0.5, 0.6) is 0 Å². The number of carbonyl (C=O) groups is 4. The fourth-order valence-corrected chi connectivity index (χ4v) is 13.0. The van der Waals surface area contributed by atoms with E-state index in [1.807, 2.05) is 0 Å². The smallest absolute Gasteiger partial charge is 0.330 e. The molecule has 4 aliphatic heterocycles. The second-order valence-corrected chi connectivity index (χ2v) is 23.8. The van der Waals surface area contributed by atoms with Gasteiger partial charge in [-0.1, -0.05) is 12.2 Å². The summed E-state index contributed by atoms with van der Waals surface area (Å²) in [5.74, 6) is -5.69. The Morgan fingerprint density at radius 3 is 1.46 bits per heavy atom. The Labute approximate surface area is 490 Å². The van der Waals surface area contributed by atoms with Crippen molar-refractivity contribution in [3.63, 3.8) is 0 Å². The van der Waals surface area contributed by atoms with E-state index < -0.39 is 209 Å². The van der Waals surface area contributed by atoms with E-state index in [0.717, 1.165) is 0 Å². The number of methoxy groups -OCH3 is 2. The molecule has 0 amide bonds. The van der Waals surface area contributed by atoms with Gasteiger partial charge in [0.1, 0.15) is 99.5 Å². The van der Waals surface area contributed by atoms with Gasteiger partial charge in [0.05, 0.1) is 61.0 Å². The Kier molecular flexibility index (Phi) is 24.5. The van der Waals surface area contributed by atoms with Crippen LogP contribution < -0.4 is 0 Å². The minimum absolute atomic E-state index is 0.0151. The fraction of sp³-hybridized carbons (Fsp3) is 0.857. The molecule has 27 atom stereocenters. The minimum Gasteiger partial charge on any atom is -0.481 e. The third kappa shape index (κ3) is 17.3. The molecule has 0 spiro atoms. The van der Waals surface area contributed by atoms with Crippen LogP contribution in [0, 0.1) is 23.7 Å². The van der Waals surface area contributed by atoms with E-state index in [0.29, 0.717) is 64.2 Å². The number of carboxylic acid groups (broad SMARTS) is 1.